The van der Waals surface area contributed by atoms with Crippen molar-refractivity contribution in [3.63, 3.8) is 0 Å². The van der Waals surface area contributed by atoms with Gasteiger partial charge in [0.2, 0.25) is 5.91 Å². The number of carbonyl (C=O) groups excluding carboxylic acids is 2. The number of hydrogen-bond donors (Lipinski definition) is 2. The maximum atomic E-state index is 12.3. The van der Waals surface area contributed by atoms with Crippen LogP contribution >= 0.6 is 0 Å². The molecular formula is C24H27N5O4. The molecule has 1 aromatic heterocycles. The van der Waals surface area contributed by atoms with Crippen molar-refractivity contribution in [1.29, 1.82) is 0 Å². The zero-order valence-electron chi connectivity index (χ0n) is 18.8. The van der Waals surface area contributed by atoms with Gasteiger partial charge in [0.15, 0.2) is 5.69 Å². The van der Waals surface area contributed by atoms with Crippen LogP contribution in [0.4, 0.5) is 5.82 Å². The predicted molar refractivity (Wildman–Crippen MR) is 123 cm³/mol. The zero-order valence-corrected chi connectivity index (χ0v) is 18.8. The van der Waals surface area contributed by atoms with Crippen molar-refractivity contribution in [2.45, 2.75) is 18.9 Å². The Labute approximate surface area is 192 Å². The van der Waals surface area contributed by atoms with Gasteiger partial charge in [-0.15, -0.1) is 0 Å². The molecule has 3 N–H and O–H groups in total. The number of nitrogens with zero attached hydrogens (tertiary/aromatic N) is 3. The highest BCUT2D eigenvalue weighted by Gasteiger charge is 2.37. The Morgan fingerprint density at radius 3 is 2.58 bits per heavy atom. The van der Waals surface area contributed by atoms with Crippen LogP contribution in [0.1, 0.15) is 40.5 Å². The number of aromatic nitrogens is 2. The molecule has 9 heteroatoms. The van der Waals surface area contributed by atoms with Gasteiger partial charge in [0, 0.05) is 37.2 Å². The van der Waals surface area contributed by atoms with E-state index in [1.165, 1.54) is 6.08 Å². The lowest BCUT2D eigenvalue weighted by molar-refractivity contribution is -0.125. The maximum Gasteiger partial charge on any atom is 0.255 e. The highest BCUT2D eigenvalue weighted by Crippen LogP contribution is 2.37. The minimum Gasteiger partial charge on any atom is -0.497 e. The molecule has 4 rings (SSSR count). The quantitative estimate of drug-likeness (QED) is 0.532. The van der Waals surface area contributed by atoms with Crippen LogP contribution in [0.5, 0.6) is 11.5 Å². The molecule has 172 valence electrons. The summed E-state index contributed by atoms with van der Waals surface area (Å²) in [5.41, 5.74) is 6.97. The van der Waals surface area contributed by atoms with Gasteiger partial charge in [-0.25, -0.2) is 4.68 Å². The van der Waals surface area contributed by atoms with Crippen molar-refractivity contribution in [3.05, 3.63) is 47.7 Å². The van der Waals surface area contributed by atoms with E-state index >= 15 is 0 Å². The Morgan fingerprint density at radius 1 is 1.21 bits per heavy atom. The fraction of sp³-hybridized carbons (Fsp3) is 0.375. The molecule has 1 fully saturated rings. The van der Waals surface area contributed by atoms with E-state index in [2.05, 4.69) is 28.8 Å². The van der Waals surface area contributed by atoms with E-state index in [4.69, 9.17) is 15.2 Å². The Balaban J connectivity index is 1.69. The molecule has 2 aromatic rings. The normalized spacial score (nSPS) is 19.0. The number of primary amides is 1. The van der Waals surface area contributed by atoms with Crippen LogP contribution in [-0.4, -0.2) is 60.3 Å². The summed E-state index contributed by atoms with van der Waals surface area (Å²) < 4.78 is 12.4. The van der Waals surface area contributed by atoms with Crippen molar-refractivity contribution in [1.82, 2.24) is 14.7 Å². The Bertz CT molecular complexity index is 1140. The van der Waals surface area contributed by atoms with Gasteiger partial charge in [-0.3, -0.25) is 9.59 Å². The topological polar surface area (TPSA) is 112 Å². The van der Waals surface area contributed by atoms with Crippen molar-refractivity contribution < 1.29 is 19.1 Å². The van der Waals surface area contributed by atoms with Gasteiger partial charge in [0.1, 0.15) is 22.9 Å². The molecule has 0 radical (unpaired) electrons. The highest BCUT2D eigenvalue weighted by atomic mass is 16.5. The SMILES string of the molecule is C=CC(=O)N1CCC(C2CCNc3c(C(N)=O)c(C#Cc4cc(OC)cc(OC)c4)nn32)C1. The first-order valence-electron chi connectivity index (χ1n) is 10.8. The number of anilines is 1. The fourth-order valence-corrected chi connectivity index (χ4v) is 4.50. The third kappa shape index (κ3) is 4.37. The van der Waals surface area contributed by atoms with Crippen LogP contribution in [-0.2, 0) is 4.79 Å². The number of rotatable bonds is 5. The summed E-state index contributed by atoms with van der Waals surface area (Å²) in [6.07, 6.45) is 3.03. The average Bonchev–Trinajstić information content (AvgIpc) is 3.46. The molecule has 2 amide bonds. The fourth-order valence-electron chi connectivity index (χ4n) is 4.50. The summed E-state index contributed by atoms with van der Waals surface area (Å²) in [7, 11) is 3.14. The number of ether oxygens (including phenoxy) is 2. The third-order valence-electron chi connectivity index (χ3n) is 6.14. The number of nitrogens with one attached hydrogen (secondary N) is 1. The minimum atomic E-state index is -0.591. The van der Waals surface area contributed by atoms with Crippen LogP contribution in [0.2, 0.25) is 0 Å². The number of likely N-dealkylation sites (tertiary alicyclic amines) is 1. The van der Waals surface area contributed by atoms with E-state index in [0.29, 0.717) is 48.2 Å². The second-order valence-corrected chi connectivity index (χ2v) is 8.05. The second kappa shape index (κ2) is 9.28. The average molecular weight is 450 g/mol. The Hall–Kier alpha value is -3.93. The van der Waals surface area contributed by atoms with Crippen molar-refractivity contribution in [2.24, 2.45) is 11.7 Å². The monoisotopic (exact) mass is 449 g/mol. The number of hydrogen-bond acceptors (Lipinski definition) is 6. The highest BCUT2D eigenvalue weighted by molar-refractivity contribution is 6.00. The molecule has 3 heterocycles. The van der Waals surface area contributed by atoms with Crippen LogP contribution in [0, 0.1) is 17.8 Å². The molecule has 2 aliphatic rings. The van der Waals surface area contributed by atoms with E-state index in [1.807, 2.05) is 4.68 Å². The number of carbonyl (C=O) groups is 2. The van der Waals surface area contributed by atoms with Gasteiger partial charge in [0.25, 0.3) is 5.91 Å². The zero-order chi connectivity index (χ0) is 23.5. The molecule has 0 spiro atoms. The first-order chi connectivity index (χ1) is 15.9. The van der Waals surface area contributed by atoms with Crippen LogP contribution in [0.15, 0.2) is 30.9 Å². The van der Waals surface area contributed by atoms with E-state index < -0.39 is 5.91 Å². The molecule has 1 saturated heterocycles. The Kier molecular flexibility index (Phi) is 6.27. The second-order valence-electron chi connectivity index (χ2n) is 8.05. The molecule has 2 atom stereocenters. The van der Waals surface area contributed by atoms with Gasteiger partial charge in [-0.2, -0.15) is 5.10 Å². The van der Waals surface area contributed by atoms with E-state index in [-0.39, 0.29) is 23.4 Å². The number of amides is 2. The Morgan fingerprint density at radius 2 is 1.94 bits per heavy atom. The lowest BCUT2D eigenvalue weighted by Gasteiger charge is -2.30. The largest absolute Gasteiger partial charge is 0.497 e. The van der Waals surface area contributed by atoms with Crippen molar-refractivity contribution in [3.8, 4) is 23.3 Å². The smallest absolute Gasteiger partial charge is 0.255 e. The van der Waals surface area contributed by atoms with Crippen LogP contribution < -0.4 is 20.5 Å². The van der Waals surface area contributed by atoms with Gasteiger partial charge in [-0.05, 0) is 37.0 Å². The molecular weight excluding hydrogens is 422 g/mol. The van der Waals surface area contributed by atoms with E-state index in [1.54, 1.807) is 37.3 Å². The van der Waals surface area contributed by atoms with E-state index in [9.17, 15) is 9.59 Å². The third-order valence-corrected chi connectivity index (χ3v) is 6.14. The van der Waals surface area contributed by atoms with E-state index in [0.717, 1.165) is 12.8 Å². The summed E-state index contributed by atoms with van der Waals surface area (Å²) >= 11 is 0. The maximum absolute atomic E-state index is 12.3. The molecule has 0 saturated carbocycles. The molecule has 2 aliphatic heterocycles. The summed E-state index contributed by atoms with van der Waals surface area (Å²) in [5.74, 6) is 7.42. The first-order valence-corrected chi connectivity index (χ1v) is 10.8. The summed E-state index contributed by atoms with van der Waals surface area (Å²) in [5, 5.41) is 7.94. The molecule has 0 bridgehead atoms. The summed E-state index contributed by atoms with van der Waals surface area (Å²) in [6.45, 7) is 5.58. The predicted octanol–water partition coefficient (Wildman–Crippen LogP) is 1.79. The lowest BCUT2D eigenvalue weighted by Crippen LogP contribution is -2.33. The number of methoxy groups -OCH3 is 2. The van der Waals surface area contributed by atoms with Gasteiger partial charge in [0.05, 0.1) is 20.3 Å². The molecule has 33 heavy (non-hydrogen) atoms. The molecule has 1 aromatic carbocycles. The van der Waals surface area contributed by atoms with Crippen molar-refractivity contribution >= 4 is 17.6 Å². The lowest BCUT2D eigenvalue weighted by atomic mass is 9.95. The molecule has 9 nitrogen and oxygen atoms in total. The standard InChI is InChI=1S/C24H27N5O4/c1-4-21(30)28-10-8-16(14-28)20-7-9-26-24-22(23(25)31)19(27-29(20)24)6-5-15-11-17(32-2)13-18(12-15)33-3/h4,11-13,16,20,26H,1,7-10,14H2,2-3H3,(H2,25,31). The molecule has 2 unspecified atom stereocenters. The van der Waals surface area contributed by atoms with Crippen LogP contribution in [0.25, 0.3) is 0 Å². The van der Waals surface area contributed by atoms with Crippen molar-refractivity contribution in [2.75, 3.05) is 39.2 Å². The molecule has 0 aliphatic carbocycles. The number of fused-ring (bicyclic) bond motifs is 1. The van der Waals surface area contributed by atoms with Gasteiger partial charge in [-0.1, -0.05) is 12.5 Å². The van der Waals surface area contributed by atoms with Gasteiger partial charge < -0.3 is 25.4 Å². The first kappa shape index (κ1) is 22.3. The van der Waals surface area contributed by atoms with Gasteiger partial charge >= 0.3 is 0 Å². The number of nitrogens with two attached hydrogens (primary N) is 1. The number of benzene rings is 1. The summed E-state index contributed by atoms with van der Waals surface area (Å²) in [4.78, 5) is 26.2. The minimum absolute atomic E-state index is 0.0365. The summed E-state index contributed by atoms with van der Waals surface area (Å²) in [6, 6.07) is 5.35. The van der Waals surface area contributed by atoms with Crippen LogP contribution in [0.3, 0.4) is 0 Å².